The molecule has 0 saturated carbocycles. The van der Waals surface area contributed by atoms with E-state index in [1.807, 2.05) is 0 Å². The zero-order chi connectivity index (χ0) is 13.1. The van der Waals surface area contributed by atoms with Gasteiger partial charge in [0.1, 0.15) is 5.82 Å². The van der Waals surface area contributed by atoms with Crippen LogP contribution in [-0.2, 0) is 9.53 Å². The molecule has 3 N–H and O–H groups in total. The van der Waals surface area contributed by atoms with Crippen LogP contribution in [0.5, 0.6) is 0 Å². The third-order valence-corrected chi connectivity index (χ3v) is 2.84. The number of morpholine rings is 1. The van der Waals surface area contributed by atoms with Gasteiger partial charge >= 0.3 is 0 Å². The van der Waals surface area contributed by atoms with Crippen molar-refractivity contribution in [3.8, 4) is 0 Å². The molecule has 1 fully saturated rings. The number of ether oxygens (including phenoxy) is 1. The Labute approximate surface area is 104 Å². The summed E-state index contributed by atoms with van der Waals surface area (Å²) in [7, 11) is 0. The van der Waals surface area contributed by atoms with Crippen molar-refractivity contribution in [1.29, 1.82) is 0 Å². The van der Waals surface area contributed by atoms with Gasteiger partial charge in [-0.05, 0) is 6.92 Å². The fourth-order valence-corrected chi connectivity index (χ4v) is 2.04. The molecule has 1 saturated heterocycles. The van der Waals surface area contributed by atoms with Gasteiger partial charge in [-0.25, -0.2) is 4.98 Å². The van der Waals surface area contributed by atoms with Crippen LogP contribution in [0.15, 0.2) is 10.9 Å². The molecule has 0 aromatic carbocycles. The van der Waals surface area contributed by atoms with Gasteiger partial charge in [-0.3, -0.25) is 9.59 Å². The molecule has 1 aliphatic heterocycles. The summed E-state index contributed by atoms with van der Waals surface area (Å²) < 4.78 is 5.35. The van der Waals surface area contributed by atoms with E-state index in [0.29, 0.717) is 31.3 Å². The number of aromatic nitrogens is 2. The highest BCUT2D eigenvalue weighted by atomic mass is 16.5. The fraction of sp³-hybridized carbons (Fsp3) is 0.545. The maximum Gasteiger partial charge on any atom is 0.251 e. The van der Waals surface area contributed by atoms with Crippen molar-refractivity contribution < 1.29 is 9.53 Å². The first-order chi connectivity index (χ1) is 8.61. The summed E-state index contributed by atoms with van der Waals surface area (Å²) in [5, 5.41) is 0. The van der Waals surface area contributed by atoms with Gasteiger partial charge < -0.3 is 20.4 Å². The second kappa shape index (κ2) is 5.28. The van der Waals surface area contributed by atoms with Crippen LogP contribution in [0, 0.1) is 6.92 Å². The van der Waals surface area contributed by atoms with Gasteiger partial charge in [0.15, 0.2) is 0 Å². The van der Waals surface area contributed by atoms with Crippen LogP contribution < -0.4 is 11.3 Å². The van der Waals surface area contributed by atoms with Gasteiger partial charge in [-0.15, -0.1) is 0 Å². The predicted octanol–water partition coefficient (Wildman–Crippen LogP) is -1.06. The highest BCUT2D eigenvalue weighted by Crippen LogP contribution is 2.21. The largest absolute Gasteiger partial charge is 0.377 e. The first-order valence-corrected chi connectivity index (χ1v) is 5.77. The van der Waals surface area contributed by atoms with Crippen molar-refractivity contribution in [3.05, 3.63) is 27.9 Å². The monoisotopic (exact) mass is 252 g/mol. The van der Waals surface area contributed by atoms with E-state index in [2.05, 4.69) is 9.97 Å². The number of H-pyrrole nitrogens is 1. The van der Waals surface area contributed by atoms with E-state index in [1.165, 1.54) is 6.07 Å². The van der Waals surface area contributed by atoms with Crippen molar-refractivity contribution in [2.24, 2.45) is 5.73 Å². The number of nitrogens with two attached hydrogens (primary N) is 1. The predicted molar refractivity (Wildman–Crippen MR) is 63.9 cm³/mol. The summed E-state index contributed by atoms with van der Waals surface area (Å²) in [6.45, 7) is 2.92. The summed E-state index contributed by atoms with van der Waals surface area (Å²) in [5.41, 5.74) is 5.69. The summed E-state index contributed by atoms with van der Waals surface area (Å²) in [6, 6.07) is 1.05. The minimum Gasteiger partial charge on any atom is -0.377 e. The van der Waals surface area contributed by atoms with Crippen molar-refractivity contribution in [3.63, 3.8) is 0 Å². The maximum atomic E-state index is 11.8. The molecule has 1 amide bonds. The van der Waals surface area contributed by atoms with E-state index < -0.39 is 0 Å². The number of carbonyl (C=O) groups is 1. The maximum absolute atomic E-state index is 11.8. The van der Waals surface area contributed by atoms with Crippen molar-refractivity contribution in [2.45, 2.75) is 13.0 Å². The average Bonchev–Trinajstić information content (AvgIpc) is 2.36. The van der Waals surface area contributed by atoms with E-state index in [1.54, 1.807) is 11.8 Å². The lowest BCUT2D eigenvalue weighted by Gasteiger charge is -2.35. The van der Waals surface area contributed by atoms with Gasteiger partial charge in [-0.2, -0.15) is 0 Å². The van der Waals surface area contributed by atoms with Crippen LogP contribution in [0.1, 0.15) is 17.6 Å². The Hall–Kier alpha value is -1.73. The third kappa shape index (κ3) is 2.57. The highest BCUT2D eigenvalue weighted by molar-refractivity contribution is 5.78. The number of rotatable bonds is 2. The minimum atomic E-state index is -0.337. The molecular formula is C11H16N4O3. The molecule has 1 aliphatic rings. The first-order valence-electron chi connectivity index (χ1n) is 5.77. The van der Waals surface area contributed by atoms with Crippen LogP contribution >= 0.6 is 0 Å². The summed E-state index contributed by atoms with van der Waals surface area (Å²) >= 11 is 0. The lowest BCUT2D eigenvalue weighted by atomic mass is 10.1. The molecule has 2 heterocycles. The van der Waals surface area contributed by atoms with Gasteiger partial charge in [0.2, 0.25) is 5.91 Å². The van der Waals surface area contributed by atoms with Gasteiger partial charge in [0.05, 0.1) is 31.5 Å². The molecule has 98 valence electrons. The SMILES string of the molecule is Cc1nc(C2COCCN2C(=O)CN)cc(=O)[nH]1. The Morgan fingerprint density at radius 3 is 3.17 bits per heavy atom. The zero-order valence-electron chi connectivity index (χ0n) is 10.2. The molecule has 0 radical (unpaired) electrons. The number of hydrogen-bond donors (Lipinski definition) is 2. The van der Waals surface area contributed by atoms with Gasteiger partial charge in [-0.1, -0.05) is 0 Å². The van der Waals surface area contributed by atoms with E-state index in [9.17, 15) is 9.59 Å². The average molecular weight is 252 g/mol. The first kappa shape index (κ1) is 12.7. The summed E-state index contributed by atoms with van der Waals surface area (Å²) in [4.78, 5) is 31.6. The molecule has 1 atom stereocenters. The quantitative estimate of drug-likeness (QED) is 0.698. The molecule has 1 aromatic heterocycles. The van der Waals surface area contributed by atoms with Crippen LogP contribution in [-0.4, -0.2) is 47.1 Å². The zero-order valence-corrected chi connectivity index (χ0v) is 10.2. The number of aromatic amines is 1. The standard InChI is InChI=1S/C11H16N4O3/c1-7-13-8(4-10(16)14-7)9-6-18-3-2-15(9)11(17)5-12/h4,9H,2-3,5-6,12H2,1H3,(H,13,14,16). The van der Waals surface area contributed by atoms with E-state index in [0.717, 1.165) is 0 Å². The van der Waals surface area contributed by atoms with Crippen molar-refractivity contribution in [1.82, 2.24) is 14.9 Å². The van der Waals surface area contributed by atoms with Gasteiger partial charge in [0, 0.05) is 12.6 Å². The molecule has 0 aliphatic carbocycles. The number of hydrogen-bond acceptors (Lipinski definition) is 5. The molecule has 1 unspecified atom stereocenters. The van der Waals surface area contributed by atoms with Crippen LogP contribution in [0.2, 0.25) is 0 Å². The summed E-state index contributed by atoms with van der Waals surface area (Å²) in [5.74, 6) is 0.353. The lowest BCUT2D eigenvalue weighted by molar-refractivity contribution is -0.138. The van der Waals surface area contributed by atoms with Crippen LogP contribution in [0.25, 0.3) is 0 Å². The number of amides is 1. The fourth-order valence-electron chi connectivity index (χ4n) is 2.04. The summed E-state index contributed by atoms with van der Waals surface area (Å²) in [6.07, 6.45) is 0. The number of nitrogens with zero attached hydrogens (tertiary/aromatic N) is 2. The van der Waals surface area contributed by atoms with Crippen LogP contribution in [0.4, 0.5) is 0 Å². The lowest BCUT2D eigenvalue weighted by Crippen LogP contribution is -2.46. The second-order valence-electron chi connectivity index (χ2n) is 4.14. The number of aryl methyl sites for hydroxylation is 1. The molecule has 1 aromatic rings. The van der Waals surface area contributed by atoms with Crippen molar-refractivity contribution in [2.75, 3.05) is 26.3 Å². The minimum absolute atomic E-state index is 0.0569. The molecule has 7 heteroatoms. The van der Waals surface area contributed by atoms with E-state index >= 15 is 0 Å². The van der Waals surface area contributed by atoms with Gasteiger partial charge in [0.25, 0.3) is 5.56 Å². The number of carbonyl (C=O) groups excluding carboxylic acids is 1. The molecule has 0 spiro atoms. The number of nitrogens with one attached hydrogen (secondary N) is 1. The molecule has 18 heavy (non-hydrogen) atoms. The second-order valence-corrected chi connectivity index (χ2v) is 4.14. The Morgan fingerprint density at radius 1 is 1.72 bits per heavy atom. The Bertz CT molecular complexity index is 499. The smallest absolute Gasteiger partial charge is 0.251 e. The Balaban J connectivity index is 2.33. The Morgan fingerprint density at radius 2 is 2.50 bits per heavy atom. The normalized spacial score (nSPS) is 19.9. The van der Waals surface area contributed by atoms with E-state index in [-0.39, 0.29) is 24.1 Å². The highest BCUT2D eigenvalue weighted by Gasteiger charge is 2.29. The molecule has 0 bridgehead atoms. The topological polar surface area (TPSA) is 101 Å². The Kier molecular flexibility index (Phi) is 3.73. The molecular weight excluding hydrogens is 236 g/mol. The molecule has 7 nitrogen and oxygen atoms in total. The third-order valence-electron chi connectivity index (χ3n) is 2.84. The molecule has 2 rings (SSSR count). The van der Waals surface area contributed by atoms with Crippen LogP contribution in [0.3, 0.4) is 0 Å². The van der Waals surface area contributed by atoms with Crippen molar-refractivity contribution >= 4 is 5.91 Å². The van der Waals surface area contributed by atoms with E-state index in [4.69, 9.17) is 10.5 Å².